The van der Waals surface area contributed by atoms with Crippen LogP contribution in [-0.2, 0) is 23.6 Å². The Kier molecular flexibility index (Phi) is 4.35. The van der Waals surface area contributed by atoms with Gasteiger partial charge in [0, 0.05) is 31.9 Å². The SMILES string of the molecule is Cc1nn(C)c(C)c1CN(C)S(=O)(=O)c1cc(F)ccc1F. The van der Waals surface area contributed by atoms with Crippen molar-refractivity contribution in [1.29, 1.82) is 0 Å². The maximum atomic E-state index is 13.7. The lowest BCUT2D eigenvalue weighted by atomic mass is 10.2. The molecule has 120 valence electrons. The number of aryl methyl sites for hydroxylation is 2. The molecule has 0 radical (unpaired) electrons. The highest BCUT2D eigenvalue weighted by atomic mass is 32.2. The molecule has 0 saturated carbocycles. The van der Waals surface area contributed by atoms with Gasteiger partial charge in [0.2, 0.25) is 10.0 Å². The van der Waals surface area contributed by atoms with Crippen LogP contribution in [0, 0.1) is 25.5 Å². The van der Waals surface area contributed by atoms with E-state index in [1.165, 1.54) is 7.05 Å². The van der Waals surface area contributed by atoms with Crippen molar-refractivity contribution in [3.63, 3.8) is 0 Å². The van der Waals surface area contributed by atoms with Gasteiger partial charge in [0.15, 0.2) is 0 Å². The van der Waals surface area contributed by atoms with E-state index in [0.29, 0.717) is 11.8 Å². The lowest BCUT2D eigenvalue weighted by molar-refractivity contribution is 0.456. The molecule has 22 heavy (non-hydrogen) atoms. The third-order valence-electron chi connectivity index (χ3n) is 3.62. The maximum absolute atomic E-state index is 13.7. The van der Waals surface area contributed by atoms with Gasteiger partial charge in [-0.25, -0.2) is 17.2 Å². The number of nitrogens with zero attached hydrogens (tertiary/aromatic N) is 3. The summed E-state index contributed by atoms with van der Waals surface area (Å²) >= 11 is 0. The molecule has 0 atom stereocenters. The molecule has 0 aliphatic rings. The van der Waals surface area contributed by atoms with E-state index >= 15 is 0 Å². The zero-order chi connectivity index (χ0) is 16.7. The minimum Gasteiger partial charge on any atom is -0.272 e. The molecule has 1 aromatic carbocycles. The van der Waals surface area contributed by atoms with Gasteiger partial charge in [0.25, 0.3) is 0 Å². The molecule has 0 unspecified atom stereocenters. The number of aromatic nitrogens is 2. The first-order valence-corrected chi connectivity index (χ1v) is 7.99. The van der Waals surface area contributed by atoms with E-state index in [4.69, 9.17) is 0 Å². The standard InChI is InChI=1S/C14H17F2N3O2S/c1-9-12(10(2)19(4)17-9)8-18(3)22(20,21)14-7-11(15)5-6-13(14)16/h5-7H,8H2,1-4H3. The smallest absolute Gasteiger partial charge is 0.246 e. The average Bonchev–Trinajstić information content (AvgIpc) is 2.67. The Hall–Kier alpha value is -1.80. The second-order valence-corrected chi connectivity index (χ2v) is 7.12. The first kappa shape index (κ1) is 16.6. The van der Waals surface area contributed by atoms with Gasteiger partial charge in [-0.2, -0.15) is 9.40 Å². The largest absolute Gasteiger partial charge is 0.272 e. The molecule has 1 heterocycles. The fraction of sp³-hybridized carbons (Fsp3) is 0.357. The van der Waals surface area contributed by atoms with Crippen molar-refractivity contribution >= 4 is 10.0 Å². The minimum absolute atomic E-state index is 0.0315. The van der Waals surface area contributed by atoms with Gasteiger partial charge >= 0.3 is 0 Å². The Bertz CT molecular complexity index is 816. The van der Waals surface area contributed by atoms with Gasteiger partial charge in [-0.05, 0) is 32.0 Å². The summed E-state index contributed by atoms with van der Waals surface area (Å²) in [5.74, 6) is -1.78. The number of halogens is 2. The topological polar surface area (TPSA) is 55.2 Å². The summed E-state index contributed by atoms with van der Waals surface area (Å²) < 4.78 is 54.5. The number of benzene rings is 1. The summed E-state index contributed by atoms with van der Waals surface area (Å²) in [6, 6.07) is 2.37. The molecule has 0 fully saturated rings. The lowest BCUT2D eigenvalue weighted by Crippen LogP contribution is -2.28. The predicted octanol–water partition coefficient (Wildman–Crippen LogP) is 2.14. The highest BCUT2D eigenvalue weighted by Gasteiger charge is 2.26. The number of sulfonamides is 1. The fourth-order valence-corrected chi connectivity index (χ4v) is 3.41. The van der Waals surface area contributed by atoms with Crippen LogP contribution >= 0.6 is 0 Å². The summed E-state index contributed by atoms with van der Waals surface area (Å²) in [6.07, 6.45) is 0. The van der Waals surface area contributed by atoms with Crippen LogP contribution in [0.15, 0.2) is 23.1 Å². The second kappa shape index (κ2) is 5.77. The molecule has 0 spiro atoms. The number of hydrogen-bond donors (Lipinski definition) is 0. The van der Waals surface area contributed by atoms with Crippen LogP contribution in [0.25, 0.3) is 0 Å². The third-order valence-corrected chi connectivity index (χ3v) is 5.44. The van der Waals surface area contributed by atoms with Crippen molar-refractivity contribution < 1.29 is 17.2 Å². The lowest BCUT2D eigenvalue weighted by Gasteiger charge is -2.18. The fourth-order valence-electron chi connectivity index (χ4n) is 2.20. The van der Waals surface area contributed by atoms with Crippen molar-refractivity contribution in [1.82, 2.24) is 14.1 Å². The van der Waals surface area contributed by atoms with Gasteiger partial charge in [0.05, 0.1) is 5.69 Å². The molecule has 2 rings (SSSR count). The Morgan fingerprint density at radius 2 is 1.91 bits per heavy atom. The molecule has 0 bridgehead atoms. The zero-order valence-corrected chi connectivity index (χ0v) is 13.6. The molecule has 0 saturated heterocycles. The van der Waals surface area contributed by atoms with Gasteiger partial charge in [-0.1, -0.05) is 0 Å². The summed E-state index contributed by atoms with van der Waals surface area (Å²) in [5.41, 5.74) is 2.26. The molecule has 0 N–H and O–H groups in total. The molecule has 0 aliphatic heterocycles. The van der Waals surface area contributed by atoms with E-state index in [1.54, 1.807) is 18.7 Å². The van der Waals surface area contributed by atoms with E-state index in [2.05, 4.69) is 5.10 Å². The van der Waals surface area contributed by atoms with Gasteiger partial charge in [-0.15, -0.1) is 0 Å². The maximum Gasteiger partial charge on any atom is 0.246 e. The molecular weight excluding hydrogens is 312 g/mol. The minimum atomic E-state index is -4.13. The molecule has 1 aromatic heterocycles. The van der Waals surface area contributed by atoms with Crippen LogP contribution in [0.4, 0.5) is 8.78 Å². The monoisotopic (exact) mass is 329 g/mol. The first-order chi connectivity index (χ1) is 10.1. The van der Waals surface area contributed by atoms with Crippen molar-refractivity contribution in [2.45, 2.75) is 25.3 Å². The van der Waals surface area contributed by atoms with Gasteiger partial charge < -0.3 is 0 Å². The molecule has 2 aromatic rings. The summed E-state index contributed by atoms with van der Waals surface area (Å²) in [7, 11) is -1.05. The first-order valence-electron chi connectivity index (χ1n) is 6.55. The van der Waals surface area contributed by atoms with Crippen molar-refractivity contribution in [3.8, 4) is 0 Å². The molecular formula is C14H17F2N3O2S. The van der Waals surface area contributed by atoms with Crippen molar-refractivity contribution in [2.24, 2.45) is 7.05 Å². The molecule has 8 heteroatoms. The van der Waals surface area contributed by atoms with Gasteiger partial charge in [0.1, 0.15) is 16.5 Å². The average molecular weight is 329 g/mol. The van der Waals surface area contributed by atoms with Crippen molar-refractivity contribution in [3.05, 3.63) is 46.8 Å². The molecule has 0 amide bonds. The predicted molar refractivity (Wildman–Crippen MR) is 77.7 cm³/mol. The molecule has 5 nitrogen and oxygen atoms in total. The van der Waals surface area contributed by atoms with Crippen molar-refractivity contribution in [2.75, 3.05) is 7.05 Å². The van der Waals surface area contributed by atoms with Crippen LogP contribution in [0.5, 0.6) is 0 Å². The van der Waals surface area contributed by atoms with E-state index in [9.17, 15) is 17.2 Å². The summed E-state index contributed by atoms with van der Waals surface area (Å²) in [6.45, 7) is 3.62. The van der Waals surface area contributed by atoms with Crippen LogP contribution in [0.1, 0.15) is 17.0 Å². The second-order valence-electron chi connectivity index (χ2n) is 5.11. The van der Waals surface area contributed by atoms with Crippen LogP contribution in [0.3, 0.4) is 0 Å². The zero-order valence-electron chi connectivity index (χ0n) is 12.8. The Balaban J connectivity index is 2.39. The number of hydrogen-bond acceptors (Lipinski definition) is 3. The normalized spacial score (nSPS) is 12.1. The van der Waals surface area contributed by atoms with Crippen LogP contribution in [-0.4, -0.2) is 29.6 Å². The summed E-state index contributed by atoms with van der Waals surface area (Å²) in [4.78, 5) is -0.672. The van der Waals surface area contributed by atoms with E-state index < -0.39 is 26.6 Å². The summed E-state index contributed by atoms with van der Waals surface area (Å²) in [5, 5.41) is 4.21. The highest BCUT2D eigenvalue weighted by Crippen LogP contribution is 2.22. The van der Waals surface area contributed by atoms with E-state index in [1.807, 2.05) is 6.92 Å². The number of rotatable bonds is 4. The highest BCUT2D eigenvalue weighted by molar-refractivity contribution is 7.89. The molecule has 0 aliphatic carbocycles. The van der Waals surface area contributed by atoms with E-state index in [0.717, 1.165) is 27.7 Å². The van der Waals surface area contributed by atoms with Gasteiger partial charge in [-0.3, -0.25) is 4.68 Å². The third kappa shape index (κ3) is 2.89. The van der Waals surface area contributed by atoms with Crippen LogP contribution < -0.4 is 0 Å². The quantitative estimate of drug-likeness (QED) is 0.863. The Morgan fingerprint density at radius 1 is 1.27 bits per heavy atom. The van der Waals surface area contributed by atoms with E-state index in [-0.39, 0.29) is 6.54 Å². The Labute approximate surface area is 128 Å². The van der Waals surface area contributed by atoms with Crippen LogP contribution in [0.2, 0.25) is 0 Å². The Morgan fingerprint density at radius 3 is 2.45 bits per heavy atom.